The molecule has 1 heterocycles. The van der Waals surface area contributed by atoms with E-state index in [9.17, 15) is 14.4 Å². The summed E-state index contributed by atoms with van der Waals surface area (Å²) in [6.07, 6.45) is 4.90. The zero-order chi connectivity index (χ0) is 19.4. The minimum atomic E-state index is -0.379. The number of piperidine rings is 1. The SMILES string of the molecule is CCOC(=O)c1ccc(NC(=O)C2CC2C(=O)N2CCCCC2CC)cc1. The first kappa shape index (κ1) is 19.4. The maximum Gasteiger partial charge on any atom is 0.338 e. The minimum Gasteiger partial charge on any atom is -0.462 e. The number of nitrogens with one attached hydrogen (secondary N) is 1. The van der Waals surface area contributed by atoms with Crippen molar-refractivity contribution in [1.29, 1.82) is 0 Å². The third-order valence-corrected chi connectivity index (χ3v) is 5.49. The molecule has 3 unspecified atom stereocenters. The highest BCUT2D eigenvalue weighted by atomic mass is 16.5. The van der Waals surface area contributed by atoms with E-state index in [1.54, 1.807) is 31.2 Å². The molecule has 1 aliphatic carbocycles. The number of amides is 2. The van der Waals surface area contributed by atoms with E-state index in [1.807, 2.05) is 4.90 Å². The summed E-state index contributed by atoms with van der Waals surface area (Å²) in [6.45, 7) is 5.02. The Labute approximate surface area is 160 Å². The van der Waals surface area contributed by atoms with E-state index >= 15 is 0 Å². The second kappa shape index (κ2) is 8.55. The Bertz CT molecular complexity index is 701. The fourth-order valence-electron chi connectivity index (χ4n) is 3.82. The van der Waals surface area contributed by atoms with E-state index in [1.165, 1.54) is 6.42 Å². The van der Waals surface area contributed by atoms with Crippen LogP contribution in [0.3, 0.4) is 0 Å². The van der Waals surface area contributed by atoms with Gasteiger partial charge in [-0.1, -0.05) is 6.92 Å². The van der Waals surface area contributed by atoms with Gasteiger partial charge in [-0.15, -0.1) is 0 Å². The molecule has 1 aromatic rings. The topological polar surface area (TPSA) is 75.7 Å². The predicted octanol–water partition coefficient (Wildman–Crippen LogP) is 3.23. The molecule has 2 aliphatic rings. The van der Waals surface area contributed by atoms with E-state index in [2.05, 4.69) is 12.2 Å². The Morgan fingerprint density at radius 3 is 2.52 bits per heavy atom. The Hall–Kier alpha value is -2.37. The van der Waals surface area contributed by atoms with Gasteiger partial charge >= 0.3 is 5.97 Å². The number of hydrogen-bond donors (Lipinski definition) is 1. The van der Waals surface area contributed by atoms with E-state index < -0.39 is 0 Å². The fourth-order valence-corrected chi connectivity index (χ4v) is 3.82. The summed E-state index contributed by atoms with van der Waals surface area (Å²) >= 11 is 0. The van der Waals surface area contributed by atoms with Crippen LogP contribution in [-0.2, 0) is 14.3 Å². The lowest BCUT2D eigenvalue weighted by Gasteiger charge is -2.35. The maximum absolute atomic E-state index is 12.8. The Morgan fingerprint density at radius 2 is 1.85 bits per heavy atom. The van der Waals surface area contributed by atoms with Gasteiger partial charge in [0.2, 0.25) is 11.8 Å². The summed E-state index contributed by atoms with van der Waals surface area (Å²) in [4.78, 5) is 38.9. The quantitative estimate of drug-likeness (QED) is 0.778. The molecule has 1 N–H and O–H groups in total. The van der Waals surface area contributed by atoms with Crippen LogP contribution in [-0.4, -0.2) is 41.9 Å². The van der Waals surface area contributed by atoms with Crippen molar-refractivity contribution in [1.82, 2.24) is 4.90 Å². The van der Waals surface area contributed by atoms with Crippen LogP contribution in [0, 0.1) is 11.8 Å². The first-order chi connectivity index (χ1) is 13.0. The summed E-state index contributed by atoms with van der Waals surface area (Å²) in [5.41, 5.74) is 1.07. The van der Waals surface area contributed by atoms with Crippen molar-refractivity contribution in [2.45, 2.75) is 52.0 Å². The largest absolute Gasteiger partial charge is 0.462 e. The highest BCUT2D eigenvalue weighted by molar-refractivity contribution is 6.00. The lowest BCUT2D eigenvalue weighted by Crippen LogP contribution is -2.44. The molecular formula is C21H28N2O4. The van der Waals surface area contributed by atoms with Gasteiger partial charge in [-0.25, -0.2) is 4.79 Å². The summed E-state index contributed by atoms with van der Waals surface area (Å²) in [5, 5.41) is 2.85. The summed E-state index contributed by atoms with van der Waals surface area (Å²) in [6, 6.07) is 6.94. The lowest BCUT2D eigenvalue weighted by molar-refractivity contribution is -0.137. The molecule has 1 saturated carbocycles. The van der Waals surface area contributed by atoms with Gasteiger partial charge in [0.1, 0.15) is 0 Å². The zero-order valence-corrected chi connectivity index (χ0v) is 16.1. The van der Waals surface area contributed by atoms with E-state index in [0.717, 1.165) is 25.8 Å². The van der Waals surface area contributed by atoms with Gasteiger partial charge in [-0.3, -0.25) is 9.59 Å². The molecule has 3 atom stereocenters. The number of esters is 1. The molecule has 0 spiro atoms. The van der Waals surface area contributed by atoms with Crippen molar-refractivity contribution >= 4 is 23.5 Å². The summed E-state index contributed by atoms with van der Waals surface area (Å²) < 4.78 is 4.94. The van der Waals surface area contributed by atoms with Gasteiger partial charge in [-0.05, 0) is 63.3 Å². The third kappa shape index (κ3) is 4.49. The molecule has 2 amide bonds. The highest BCUT2D eigenvalue weighted by Crippen LogP contribution is 2.42. The summed E-state index contributed by atoms with van der Waals surface area (Å²) in [5.74, 6) is -0.797. The number of benzene rings is 1. The molecule has 0 bridgehead atoms. The van der Waals surface area contributed by atoms with Crippen LogP contribution in [0.2, 0.25) is 0 Å². The van der Waals surface area contributed by atoms with Gasteiger partial charge < -0.3 is 15.0 Å². The standard InChI is InChI=1S/C21H28N2O4/c1-3-16-7-5-6-12-23(16)20(25)18-13-17(18)19(24)22-15-10-8-14(9-11-15)21(26)27-4-2/h8-11,16-18H,3-7,12-13H2,1-2H3,(H,22,24). The number of rotatable bonds is 6. The zero-order valence-electron chi connectivity index (χ0n) is 16.1. The van der Waals surface area contributed by atoms with Crippen LogP contribution in [0.4, 0.5) is 5.69 Å². The van der Waals surface area contributed by atoms with Crippen molar-refractivity contribution in [2.75, 3.05) is 18.5 Å². The monoisotopic (exact) mass is 372 g/mol. The molecule has 1 aromatic carbocycles. The average Bonchev–Trinajstić information content (AvgIpc) is 3.49. The second-order valence-corrected chi connectivity index (χ2v) is 7.33. The molecule has 3 rings (SSSR count). The van der Waals surface area contributed by atoms with Crippen LogP contribution in [0.5, 0.6) is 0 Å². The number of carbonyl (C=O) groups is 3. The first-order valence-corrected chi connectivity index (χ1v) is 9.93. The number of carbonyl (C=O) groups excluding carboxylic acids is 3. The average molecular weight is 372 g/mol. The van der Waals surface area contributed by atoms with Crippen molar-refractivity contribution < 1.29 is 19.1 Å². The van der Waals surface area contributed by atoms with Crippen LogP contribution in [0.15, 0.2) is 24.3 Å². The van der Waals surface area contributed by atoms with Gasteiger partial charge in [-0.2, -0.15) is 0 Å². The molecule has 2 fully saturated rings. The Balaban J connectivity index is 1.54. The van der Waals surface area contributed by atoms with Crippen molar-refractivity contribution in [3.63, 3.8) is 0 Å². The summed E-state index contributed by atoms with van der Waals surface area (Å²) in [7, 11) is 0. The molecule has 1 aliphatic heterocycles. The lowest BCUT2D eigenvalue weighted by atomic mass is 9.99. The Morgan fingerprint density at radius 1 is 1.11 bits per heavy atom. The number of anilines is 1. The molecule has 1 saturated heterocycles. The van der Waals surface area contributed by atoms with E-state index in [0.29, 0.717) is 30.3 Å². The fraction of sp³-hybridized carbons (Fsp3) is 0.571. The minimum absolute atomic E-state index is 0.123. The van der Waals surface area contributed by atoms with Crippen LogP contribution in [0.1, 0.15) is 56.3 Å². The molecule has 27 heavy (non-hydrogen) atoms. The van der Waals surface area contributed by atoms with Gasteiger partial charge in [0.15, 0.2) is 0 Å². The van der Waals surface area contributed by atoms with Gasteiger partial charge in [0.05, 0.1) is 24.0 Å². The van der Waals surface area contributed by atoms with Crippen LogP contribution in [0.25, 0.3) is 0 Å². The molecule has 146 valence electrons. The number of likely N-dealkylation sites (tertiary alicyclic amines) is 1. The smallest absolute Gasteiger partial charge is 0.338 e. The van der Waals surface area contributed by atoms with Crippen molar-refractivity contribution in [3.8, 4) is 0 Å². The van der Waals surface area contributed by atoms with E-state index in [-0.39, 0.29) is 29.6 Å². The second-order valence-electron chi connectivity index (χ2n) is 7.33. The van der Waals surface area contributed by atoms with Crippen LogP contribution >= 0.6 is 0 Å². The molecular weight excluding hydrogens is 344 g/mol. The highest BCUT2D eigenvalue weighted by Gasteiger charge is 2.50. The van der Waals surface area contributed by atoms with Gasteiger partial charge in [0, 0.05) is 18.3 Å². The van der Waals surface area contributed by atoms with E-state index in [4.69, 9.17) is 4.74 Å². The van der Waals surface area contributed by atoms with Crippen molar-refractivity contribution in [2.24, 2.45) is 11.8 Å². The number of ether oxygens (including phenoxy) is 1. The molecule has 6 heteroatoms. The predicted molar refractivity (Wildman–Crippen MR) is 102 cm³/mol. The normalized spacial score (nSPS) is 24.2. The molecule has 0 radical (unpaired) electrons. The maximum atomic E-state index is 12.8. The van der Waals surface area contributed by atoms with Crippen molar-refractivity contribution in [3.05, 3.63) is 29.8 Å². The number of nitrogens with zero attached hydrogens (tertiary/aromatic N) is 1. The third-order valence-electron chi connectivity index (χ3n) is 5.49. The Kier molecular flexibility index (Phi) is 6.14. The van der Waals surface area contributed by atoms with Gasteiger partial charge in [0.25, 0.3) is 0 Å². The first-order valence-electron chi connectivity index (χ1n) is 9.93. The molecule has 0 aromatic heterocycles. The molecule has 6 nitrogen and oxygen atoms in total. The number of hydrogen-bond acceptors (Lipinski definition) is 4. The van der Waals surface area contributed by atoms with Crippen LogP contribution < -0.4 is 5.32 Å².